The van der Waals surface area contributed by atoms with Gasteiger partial charge >= 0.3 is 5.97 Å². The topological polar surface area (TPSA) is 73.2 Å². The Morgan fingerprint density at radius 2 is 2.25 bits per heavy atom. The molecule has 0 spiro atoms. The number of carbonyl (C=O) groups is 2. The fourth-order valence-corrected chi connectivity index (χ4v) is 1.80. The Morgan fingerprint density at radius 1 is 1.55 bits per heavy atom. The van der Waals surface area contributed by atoms with E-state index in [0.717, 1.165) is 0 Å². The van der Waals surface area contributed by atoms with Crippen molar-refractivity contribution >= 4 is 23.5 Å². The lowest BCUT2D eigenvalue weighted by atomic mass is 10.2. The predicted molar refractivity (Wildman–Crippen MR) is 75.1 cm³/mol. The third kappa shape index (κ3) is 4.70. The van der Waals surface area contributed by atoms with Crippen molar-refractivity contribution in [1.82, 2.24) is 15.1 Å². The number of aromatic nitrogens is 2. The summed E-state index contributed by atoms with van der Waals surface area (Å²) in [5.74, 6) is -0.745. The first-order valence-corrected chi connectivity index (χ1v) is 6.71. The number of hydrogen-bond donors (Lipinski definition) is 1. The summed E-state index contributed by atoms with van der Waals surface area (Å²) in [6.45, 7) is 5.50. The lowest BCUT2D eigenvalue weighted by molar-refractivity contribution is -0.137. The summed E-state index contributed by atoms with van der Waals surface area (Å²) in [6, 6.07) is -0.479. The molecule has 0 radical (unpaired) electrons. The maximum absolute atomic E-state index is 12.1. The molecule has 1 heterocycles. The molecule has 0 aromatic carbocycles. The van der Waals surface area contributed by atoms with Gasteiger partial charge in [0, 0.05) is 18.0 Å². The predicted octanol–water partition coefficient (Wildman–Crippen LogP) is 2.07. The zero-order chi connectivity index (χ0) is 15.1. The molecule has 20 heavy (non-hydrogen) atoms. The molecule has 1 N–H and O–H groups in total. The van der Waals surface area contributed by atoms with Crippen molar-refractivity contribution in [3.63, 3.8) is 0 Å². The second kappa shape index (κ2) is 7.69. The maximum Gasteiger partial charge on any atom is 0.332 e. The largest absolute Gasteiger partial charge is 0.463 e. The van der Waals surface area contributed by atoms with Gasteiger partial charge in [0.1, 0.15) is 6.04 Å². The van der Waals surface area contributed by atoms with E-state index in [1.807, 2.05) is 6.92 Å². The highest BCUT2D eigenvalue weighted by Crippen LogP contribution is 2.14. The molecule has 0 fully saturated rings. The molecule has 7 heteroatoms. The van der Waals surface area contributed by atoms with E-state index < -0.39 is 12.0 Å². The van der Waals surface area contributed by atoms with Crippen molar-refractivity contribution in [2.75, 3.05) is 6.61 Å². The number of rotatable bonds is 6. The highest BCUT2D eigenvalue weighted by molar-refractivity contribution is 6.30. The summed E-state index contributed by atoms with van der Waals surface area (Å²) in [4.78, 5) is 23.4. The first kappa shape index (κ1) is 16.2. The van der Waals surface area contributed by atoms with E-state index in [-0.39, 0.29) is 5.91 Å². The molecule has 0 bridgehead atoms. The van der Waals surface area contributed by atoms with Crippen LogP contribution < -0.4 is 5.32 Å². The lowest BCUT2D eigenvalue weighted by Crippen LogP contribution is -2.31. The van der Waals surface area contributed by atoms with E-state index in [4.69, 9.17) is 16.3 Å². The Morgan fingerprint density at radius 3 is 2.75 bits per heavy atom. The number of nitrogens with zero attached hydrogens (tertiary/aromatic N) is 2. The molecule has 1 aromatic heterocycles. The van der Waals surface area contributed by atoms with Crippen LogP contribution >= 0.6 is 11.6 Å². The summed E-state index contributed by atoms with van der Waals surface area (Å²) in [6.07, 6.45) is 4.85. The van der Waals surface area contributed by atoms with E-state index >= 15 is 0 Å². The number of allylic oxidation sites excluding steroid dienone is 1. The van der Waals surface area contributed by atoms with E-state index in [2.05, 4.69) is 10.4 Å². The van der Waals surface area contributed by atoms with Gasteiger partial charge < -0.3 is 10.1 Å². The number of amides is 1. The molecule has 0 aliphatic carbocycles. The molecule has 6 nitrogen and oxygen atoms in total. The van der Waals surface area contributed by atoms with Crippen molar-refractivity contribution in [3.8, 4) is 0 Å². The first-order chi connectivity index (χ1) is 9.47. The number of halogens is 1. The van der Waals surface area contributed by atoms with Gasteiger partial charge in [0.2, 0.25) is 5.91 Å². The molecule has 0 saturated carbocycles. The monoisotopic (exact) mass is 299 g/mol. The molecule has 1 amide bonds. The fourth-order valence-electron chi connectivity index (χ4n) is 1.65. The third-order valence-electron chi connectivity index (χ3n) is 2.52. The van der Waals surface area contributed by atoms with Crippen LogP contribution in [0.15, 0.2) is 24.2 Å². The third-order valence-corrected chi connectivity index (χ3v) is 2.72. The number of ether oxygens (including phenoxy) is 1. The van der Waals surface area contributed by atoms with Crippen LogP contribution in [-0.2, 0) is 14.3 Å². The van der Waals surface area contributed by atoms with Gasteiger partial charge in [0.15, 0.2) is 0 Å². The molecule has 1 unspecified atom stereocenters. The zero-order valence-corrected chi connectivity index (χ0v) is 12.5. The smallest absolute Gasteiger partial charge is 0.332 e. The van der Waals surface area contributed by atoms with Crippen molar-refractivity contribution in [3.05, 3.63) is 29.2 Å². The summed E-state index contributed by atoms with van der Waals surface area (Å²) < 4.78 is 6.26. The summed E-state index contributed by atoms with van der Waals surface area (Å²) >= 11 is 5.79. The lowest BCUT2D eigenvalue weighted by Gasteiger charge is -2.15. The van der Waals surface area contributed by atoms with Gasteiger partial charge in [-0.05, 0) is 20.3 Å². The minimum Gasteiger partial charge on any atom is -0.463 e. The van der Waals surface area contributed by atoms with E-state index in [0.29, 0.717) is 23.7 Å². The van der Waals surface area contributed by atoms with Crippen LogP contribution in [0.25, 0.3) is 0 Å². The van der Waals surface area contributed by atoms with Crippen LogP contribution in [0.4, 0.5) is 0 Å². The minimum atomic E-state index is -0.486. The van der Waals surface area contributed by atoms with Crippen LogP contribution in [0.2, 0.25) is 5.02 Å². The van der Waals surface area contributed by atoms with Crippen molar-refractivity contribution in [2.24, 2.45) is 0 Å². The second-order valence-corrected chi connectivity index (χ2v) is 4.57. The Kier molecular flexibility index (Phi) is 6.24. The molecular formula is C13H18ClN3O3. The van der Waals surface area contributed by atoms with Gasteiger partial charge in [-0.15, -0.1) is 0 Å². The van der Waals surface area contributed by atoms with Crippen LogP contribution in [0.3, 0.4) is 0 Å². The van der Waals surface area contributed by atoms with Crippen LogP contribution in [0, 0.1) is 0 Å². The fraction of sp³-hybridized carbons (Fsp3) is 0.462. The van der Waals surface area contributed by atoms with Gasteiger partial charge in [-0.25, -0.2) is 4.79 Å². The van der Waals surface area contributed by atoms with Crippen LogP contribution in [-0.4, -0.2) is 28.3 Å². The Hall–Kier alpha value is -1.82. The van der Waals surface area contributed by atoms with E-state index in [1.165, 1.54) is 17.0 Å². The van der Waals surface area contributed by atoms with E-state index in [1.54, 1.807) is 20.0 Å². The van der Waals surface area contributed by atoms with Crippen molar-refractivity contribution in [1.29, 1.82) is 0 Å². The highest BCUT2D eigenvalue weighted by atomic mass is 35.5. The molecular weight excluding hydrogens is 282 g/mol. The molecule has 1 aromatic rings. The number of esters is 1. The average Bonchev–Trinajstić information content (AvgIpc) is 2.76. The van der Waals surface area contributed by atoms with Gasteiger partial charge in [0.25, 0.3) is 0 Å². The van der Waals surface area contributed by atoms with Gasteiger partial charge in [0.05, 0.1) is 17.8 Å². The normalized spacial score (nSPS) is 12.9. The van der Waals surface area contributed by atoms with Gasteiger partial charge in [-0.2, -0.15) is 5.10 Å². The highest BCUT2D eigenvalue weighted by Gasteiger charge is 2.19. The van der Waals surface area contributed by atoms with Crippen LogP contribution in [0.1, 0.15) is 33.2 Å². The molecule has 110 valence electrons. The average molecular weight is 300 g/mol. The molecule has 1 atom stereocenters. The summed E-state index contributed by atoms with van der Waals surface area (Å²) in [5.41, 5.74) is 0.421. The first-order valence-electron chi connectivity index (χ1n) is 6.33. The zero-order valence-electron chi connectivity index (χ0n) is 11.7. The Bertz CT molecular complexity index is 511. The molecule has 0 aliphatic heterocycles. The Labute approximate surface area is 122 Å². The molecule has 0 saturated heterocycles. The number of hydrogen-bond acceptors (Lipinski definition) is 4. The SMILES string of the molecule is CCOC(=O)/C=C(\C)NC(=O)C(CC)n1cc(Cl)cn1. The van der Waals surface area contributed by atoms with Crippen molar-refractivity contribution in [2.45, 2.75) is 33.2 Å². The quantitative estimate of drug-likeness (QED) is 0.644. The summed E-state index contributed by atoms with van der Waals surface area (Å²) in [7, 11) is 0. The summed E-state index contributed by atoms with van der Waals surface area (Å²) in [5, 5.41) is 7.13. The Balaban J connectivity index is 2.71. The minimum absolute atomic E-state index is 0.259. The van der Waals surface area contributed by atoms with Gasteiger partial charge in [-0.1, -0.05) is 18.5 Å². The number of carbonyl (C=O) groups excluding carboxylic acids is 2. The van der Waals surface area contributed by atoms with Gasteiger partial charge in [-0.3, -0.25) is 9.48 Å². The standard InChI is InChI=1S/C13H18ClN3O3/c1-4-11(17-8-10(14)7-15-17)13(19)16-9(3)6-12(18)20-5-2/h6-8,11H,4-5H2,1-3H3,(H,16,19)/b9-6+. The van der Waals surface area contributed by atoms with E-state index in [9.17, 15) is 9.59 Å². The van der Waals surface area contributed by atoms with Crippen LogP contribution in [0.5, 0.6) is 0 Å². The number of nitrogens with one attached hydrogen (secondary N) is 1. The maximum atomic E-state index is 12.1. The second-order valence-electron chi connectivity index (χ2n) is 4.13. The molecule has 1 rings (SSSR count). The van der Waals surface area contributed by atoms with Crippen molar-refractivity contribution < 1.29 is 14.3 Å². The molecule has 0 aliphatic rings.